The number of hydrogen-bond acceptors (Lipinski definition) is 4. The van der Waals surface area contributed by atoms with Gasteiger partial charge in [-0.1, -0.05) is 39.0 Å². The smallest absolute Gasteiger partial charge is 0.240 e. The first-order valence-corrected chi connectivity index (χ1v) is 10.2. The second kappa shape index (κ2) is 7.58. The first-order chi connectivity index (χ1) is 12.8. The molecular weight excluding hydrogens is 358 g/mol. The molecule has 0 saturated carbocycles. The van der Waals surface area contributed by atoms with Crippen LogP contribution in [0.25, 0.3) is 11.3 Å². The van der Waals surface area contributed by atoms with Crippen LogP contribution in [0.3, 0.4) is 0 Å². The van der Waals surface area contributed by atoms with E-state index in [2.05, 4.69) is 35.5 Å². The Morgan fingerprint density at radius 2 is 1.59 bits per heavy atom. The van der Waals surface area contributed by atoms with E-state index in [0.717, 1.165) is 22.4 Å². The summed E-state index contributed by atoms with van der Waals surface area (Å²) < 4.78 is 28.0. The summed E-state index contributed by atoms with van der Waals surface area (Å²) in [5.74, 6) is 0. The Hall–Kier alpha value is -2.57. The van der Waals surface area contributed by atoms with Gasteiger partial charge in [0, 0.05) is 30.7 Å². The third kappa shape index (κ3) is 4.59. The number of sulfonamides is 1. The van der Waals surface area contributed by atoms with Gasteiger partial charge in [0.05, 0.1) is 10.6 Å². The van der Waals surface area contributed by atoms with Gasteiger partial charge in [-0.05, 0) is 46.9 Å². The van der Waals surface area contributed by atoms with E-state index in [1.165, 1.54) is 0 Å². The van der Waals surface area contributed by atoms with Crippen LogP contribution in [0.5, 0.6) is 0 Å². The van der Waals surface area contributed by atoms with Crippen molar-refractivity contribution < 1.29 is 8.42 Å². The van der Waals surface area contributed by atoms with E-state index < -0.39 is 10.0 Å². The predicted octanol–water partition coefficient (Wildman–Crippen LogP) is 3.92. The highest BCUT2D eigenvalue weighted by atomic mass is 32.2. The zero-order chi connectivity index (χ0) is 19.5. The van der Waals surface area contributed by atoms with Crippen molar-refractivity contribution in [2.24, 2.45) is 0 Å². The largest absolute Gasteiger partial charge is 0.265 e. The average Bonchev–Trinajstić information content (AvgIpc) is 2.67. The molecule has 0 amide bonds. The summed E-state index contributed by atoms with van der Waals surface area (Å²) in [4.78, 5) is 8.66. The summed E-state index contributed by atoms with van der Waals surface area (Å²) in [6.07, 6.45) is 5.07. The fourth-order valence-corrected chi connectivity index (χ4v) is 3.75. The van der Waals surface area contributed by atoms with Crippen LogP contribution < -0.4 is 4.72 Å². The van der Waals surface area contributed by atoms with Crippen molar-refractivity contribution >= 4 is 10.0 Å². The molecule has 0 aliphatic heterocycles. The first kappa shape index (κ1) is 19.2. The van der Waals surface area contributed by atoms with E-state index in [1.807, 2.05) is 30.3 Å². The third-order valence-corrected chi connectivity index (χ3v) is 5.75. The second-order valence-electron chi connectivity index (χ2n) is 7.35. The number of hydrogen-bond donors (Lipinski definition) is 1. The van der Waals surface area contributed by atoms with Crippen LogP contribution in [0.4, 0.5) is 0 Å². The van der Waals surface area contributed by atoms with Crippen LogP contribution in [0.15, 0.2) is 72.0 Å². The molecule has 0 aliphatic rings. The summed E-state index contributed by atoms with van der Waals surface area (Å²) in [7, 11) is -3.61. The molecule has 0 aliphatic carbocycles. The summed E-state index contributed by atoms with van der Waals surface area (Å²) in [6.45, 7) is 6.45. The van der Waals surface area contributed by atoms with Gasteiger partial charge in [-0.2, -0.15) is 0 Å². The van der Waals surface area contributed by atoms with Crippen molar-refractivity contribution in [1.29, 1.82) is 0 Å². The lowest BCUT2D eigenvalue weighted by Crippen LogP contribution is -2.24. The highest BCUT2D eigenvalue weighted by molar-refractivity contribution is 7.89. The van der Waals surface area contributed by atoms with Crippen molar-refractivity contribution in [3.63, 3.8) is 0 Å². The minimum atomic E-state index is -3.61. The highest BCUT2D eigenvalue weighted by Gasteiger charge is 2.18. The van der Waals surface area contributed by atoms with Crippen molar-refractivity contribution in [3.05, 3.63) is 78.2 Å². The molecule has 0 atom stereocenters. The molecule has 2 heterocycles. The lowest BCUT2D eigenvalue weighted by Gasteiger charge is -2.19. The van der Waals surface area contributed by atoms with Crippen molar-refractivity contribution in [3.8, 4) is 11.3 Å². The standard InChI is InChI=1S/C21H23N3O2S/c1-21(2,3)18-6-8-19(9-7-18)27(25,26)24-15-17-5-4-12-23-20(17)16-10-13-22-14-11-16/h4-14,24H,15H2,1-3H3. The Labute approximate surface area is 160 Å². The van der Waals surface area contributed by atoms with Gasteiger partial charge in [-0.3, -0.25) is 9.97 Å². The molecule has 0 saturated heterocycles. The molecule has 5 nitrogen and oxygen atoms in total. The Bertz CT molecular complexity index is 1010. The minimum absolute atomic E-state index is 0.0229. The molecule has 0 spiro atoms. The molecule has 3 aromatic rings. The van der Waals surface area contributed by atoms with E-state index in [1.54, 1.807) is 36.8 Å². The predicted molar refractivity (Wildman–Crippen MR) is 107 cm³/mol. The molecule has 3 rings (SSSR count). The van der Waals surface area contributed by atoms with Gasteiger partial charge in [-0.25, -0.2) is 13.1 Å². The topological polar surface area (TPSA) is 72.0 Å². The SMILES string of the molecule is CC(C)(C)c1ccc(S(=O)(=O)NCc2cccnc2-c2ccncc2)cc1. The zero-order valence-electron chi connectivity index (χ0n) is 15.7. The summed E-state index contributed by atoms with van der Waals surface area (Å²) in [6, 6.07) is 14.4. The maximum absolute atomic E-state index is 12.7. The van der Waals surface area contributed by atoms with Gasteiger partial charge in [-0.15, -0.1) is 0 Å². The minimum Gasteiger partial charge on any atom is -0.265 e. The molecule has 0 radical (unpaired) electrons. The maximum Gasteiger partial charge on any atom is 0.240 e. The Morgan fingerprint density at radius 3 is 2.22 bits per heavy atom. The highest BCUT2D eigenvalue weighted by Crippen LogP contribution is 2.24. The van der Waals surface area contributed by atoms with Crippen LogP contribution >= 0.6 is 0 Å². The van der Waals surface area contributed by atoms with Crippen LogP contribution in [0.2, 0.25) is 0 Å². The molecule has 1 aromatic carbocycles. The maximum atomic E-state index is 12.7. The van der Waals surface area contributed by atoms with Gasteiger partial charge < -0.3 is 0 Å². The van der Waals surface area contributed by atoms with Crippen LogP contribution in [-0.4, -0.2) is 18.4 Å². The zero-order valence-corrected chi connectivity index (χ0v) is 16.5. The van der Waals surface area contributed by atoms with Crippen LogP contribution in [0.1, 0.15) is 31.9 Å². The molecule has 2 aromatic heterocycles. The third-order valence-electron chi connectivity index (χ3n) is 4.33. The monoisotopic (exact) mass is 381 g/mol. The number of nitrogens with one attached hydrogen (secondary N) is 1. The van der Waals surface area contributed by atoms with Gasteiger partial charge in [0.15, 0.2) is 0 Å². The van der Waals surface area contributed by atoms with E-state index in [0.29, 0.717) is 0 Å². The fourth-order valence-electron chi connectivity index (χ4n) is 2.74. The Morgan fingerprint density at radius 1 is 0.926 bits per heavy atom. The Balaban J connectivity index is 1.81. The van der Waals surface area contributed by atoms with E-state index in [9.17, 15) is 8.42 Å². The van der Waals surface area contributed by atoms with Gasteiger partial charge >= 0.3 is 0 Å². The second-order valence-corrected chi connectivity index (χ2v) is 9.11. The van der Waals surface area contributed by atoms with Crippen molar-refractivity contribution in [2.45, 2.75) is 37.6 Å². The summed E-state index contributed by atoms with van der Waals surface area (Å²) in [5.41, 5.74) is 3.51. The molecule has 27 heavy (non-hydrogen) atoms. The Kier molecular flexibility index (Phi) is 5.39. The number of aromatic nitrogens is 2. The average molecular weight is 382 g/mol. The number of rotatable bonds is 5. The van der Waals surface area contributed by atoms with Crippen LogP contribution in [0, 0.1) is 0 Å². The molecule has 1 N–H and O–H groups in total. The van der Waals surface area contributed by atoms with Gasteiger partial charge in [0.2, 0.25) is 10.0 Å². The lowest BCUT2D eigenvalue weighted by atomic mass is 9.87. The lowest BCUT2D eigenvalue weighted by molar-refractivity contribution is 0.578. The summed E-state index contributed by atoms with van der Waals surface area (Å²) in [5, 5.41) is 0. The molecule has 6 heteroatoms. The van der Waals surface area contributed by atoms with Gasteiger partial charge in [0.25, 0.3) is 0 Å². The van der Waals surface area contributed by atoms with E-state index >= 15 is 0 Å². The number of benzene rings is 1. The van der Waals surface area contributed by atoms with Crippen LogP contribution in [-0.2, 0) is 22.0 Å². The first-order valence-electron chi connectivity index (χ1n) is 8.72. The molecule has 0 fully saturated rings. The van der Waals surface area contributed by atoms with E-state index in [4.69, 9.17) is 0 Å². The fraction of sp³-hybridized carbons (Fsp3) is 0.238. The molecule has 140 valence electrons. The molecule has 0 bridgehead atoms. The van der Waals surface area contributed by atoms with Crippen molar-refractivity contribution in [1.82, 2.24) is 14.7 Å². The van der Waals surface area contributed by atoms with Crippen molar-refractivity contribution in [2.75, 3.05) is 0 Å². The molecule has 0 unspecified atom stereocenters. The summed E-state index contributed by atoms with van der Waals surface area (Å²) >= 11 is 0. The quantitative estimate of drug-likeness (QED) is 0.727. The van der Waals surface area contributed by atoms with E-state index in [-0.39, 0.29) is 16.9 Å². The number of nitrogens with zero attached hydrogens (tertiary/aromatic N) is 2. The molecular formula is C21H23N3O2S. The normalized spacial score (nSPS) is 12.1. The van der Waals surface area contributed by atoms with Gasteiger partial charge in [0.1, 0.15) is 0 Å². The number of pyridine rings is 2.